The average Bonchev–Trinajstić information content (AvgIpc) is 3.23. The Morgan fingerprint density at radius 2 is 2.30 bits per heavy atom. The molecule has 3 rings (SSSR count). The zero-order valence-electron chi connectivity index (χ0n) is 13.5. The molecule has 0 aromatic carbocycles. The van der Waals surface area contributed by atoms with Crippen LogP contribution in [0.15, 0.2) is 35.8 Å². The van der Waals surface area contributed by atoms with Crippen LogP contribution in [0.5, 0.6) is 0 Å². The normalized spacial score (nSPS) is 17.3. The van der Waals surface area contributed by atoms with Crippen molar-refractivity contribution in [2.75, 3.05) is 25.5 Å². The summed E-state index contributed by atoms with van der Waals surface area (Å²) in [7, 11) is 3.92. The second-order valence-corrected chi connectivity index (χ2v) is 6.89. The Morgan fingerprint density at radius 1 is 1.43 bits per heavy atom. The molecule has 0 radical (unpaired) electrons. The third-order valence-electron chi connectivity index (χ3n) is 4.11. The van der Waals surface area contributed by atoms with Gasteiger partial charge in [0.05, 0.1) is 6.04 Å². The van der Waals surface area contributed by atoms with Crippen molar-refractivity contribution in [2.24, 2.45) is 0 Å². The van der Waals surface area contributed by atoms with Crippen molar-refractivity contribution in [3.63, 3.8) is 0 Å². The number of nitrogens with one attached hydrogen (secondary N) is 1. The van der Waals surface area contributed by atoms with Gasteiger partial charge in [-0.25, -0.2) is 9.78 Å². The second kappa shape index (κ2) is 7.00. The number of hydrogen-bond acceptors (Lipinski definition) is 4. The van der Waals surface area contributed by atoms with Gasteiger partial charge in [0.1, 0.15) is 5.82 Å². The summed E-state index contributed by atoms with van der Waals surface area (Å²) >= 11 is 1.72. The molecule has 0 aliphatic carbocycles. The molecule has 1 fully saturated rings. The molecule has 1 atom stereocenters. The van der Waals surface area contributed by atoms with Crippen LogP contribution in [0.25, 0.3) is 0 Å². The van der Waals surface area contributed by atoms with Crippen LogP contribution in [0, 0.1) is 0 Å². The highest BCUT2D eigenvalue weighted by Gasteiger charge is 2.30. The number of pyridine rings is 1. The smallest absolute Gasteiger partial charge is 0.318 e. The molecule has 0 bridgehead atoms. The van der Waals surface area contributed by atoms with Gasteiger partial charge in [0.2, 0.25) is 0 Å². The van der Waals surface area contributed by atoms with E-state index in [1.165, 1.54) is 4.88 Å². The van der Waals surface area contributed by atoms with E-state index in [9.17, 15) is 4.79 Å². The van der Waals surface area contributed by atoms with Crippen LogP contribution in [0.1, 0.15) is 29.3 Å². The number of carbonyl (C=O) groups is 1. The summed E-state index contributed by atoms with van der Waals surface area (Å²) in [4.78, 5) is 22.2. The van der Waals surface area contributed by atoms with Gasteiger partial charge >= 0.3 is 6.03 Å². The molecule has 5 nitrogen and oxygen atoms in total. The van der Waals surface area contributed by atoms with Crippen LogP contribution in [0.2, 0.25) is 0 Å². The van der Waals surface area contributed by atoms with E-state index in [1.807, 2.05) is 42.1 Å². The lowest BCUT2D eigenvalue weighted by molar-refractivity contribution is 0.193. The highest BCUT2D eigenvalue weighted by atomic mass is 32.1. The van der Waals surface area contributed by atoms with E-state index in [-0.39, 0.29) is 12.1 Å². The summed E-state index contributed by atoms with van der Waals surface area (Å²) in [5.74, 6) is 0.893. The minimum atomic E-state index is 0.00876. The maximum absolute atomic E-state index is 12.6. The van der Waals surface area contributed by atoms with Crippen molar-refractivity contribution < 1.29 is 4.79 Å². The van der Waals surface area contributed by atoms with Crippen molar-refractivity contribution in [1.82, 2.24) is 15.2 Å². The van der Waals surface area contributed by atoms with Gasteiger partial charge in [-0.2, -0.15) is 0 Å². The molecule has 1 saturated heterocycles. The van der Waals surface area contributed by atoms with Crippen LogP contribution < -0.4 is 10.2 Å². The summed E-state index contributed by atoms with van der Waals surface area (Å²) in [6.07, 6.45) is 3.88. The third kappa shape index (κ3) is 3.47. The molecule has 3 heterocycles. The molecule has 2 amide bonds. The van der Waals surface area contributed by atoms with Crippen LogP contribution >= 0.6 is 11.3 Å². The Balaban J connectivity index is 1.66. The zero-order valence-corrected chi connectivity index (χ0v) is 14.3. The molecule has 23 heavy (non-hydrogen) atoms. The van der Waals surface area contributed by atoms with Gasteiger partial charge in [-0.3, -0.25) is 0 Å². The fraction of sp³-hybridized carbons (Fsp3) is 0.412. The first kappa shape index (κ1) is 15.8. The molecule has 0 unspecified atom stereocenters. The van der Waals surface area contributed by atoms with Crippen molar-refractivity contribution in [2.45, 2.75) is 25.4 Å². The first-order valence-corrected chi connectivity index (χ1v) is 8.74. The fourth-order valence-corrected chi connectivity index (χ4v) is 3.90. The highest BCUT2D eigenvalue weighted by Crippen LogP contribution is 2.34. The quantitative estimate of drug-likeness (QED) is 0.936. The van der Waals surface area contributed by atoms with Crippen LogP contribution in [0.4, 0.5) is 10.6 Å². The third-order valence-corrected chi connectivity index (χ3v) is 5.08. The number of amides is 2. The predicted octanol–water partition coefficient (Wildman–Crippen LogP) is 3.26. The first-order valence-electron chi connectivity index (χ1n) is 7.86. The lowest BCUT2D eigenvalue weighted by atomic mass is 10.2. The van der Waals surface area contributed by atoms with Crippen LogP contribution in [-0.2, 0) is 6.54 Å². The maximum atomic E-state index is 12.6. The van der Waals surface area contributed by atoms with Gasteiger partial charge in [-0.15, -0.1) is 11.3 Å². The maximum Gasteiger partial charge on any atom is 0.318 e. The highest BCUT2D eigenvalue weighted by molar-refractivity contribution is 7.10. The molecule has 122 valence electrons. The molecule has 2 aromatic rings. The largest absolute Gasteiger partial charge is 0.362 e. The Labute approximate surface area is 140 Å². The van der Waals surface area contributed by atoms with Crippen molar-refractivity contribution in [1.29, 1.82) is 0 Å². The topological polar surface area (TPSA) is 48.5 Å². The number of carbonyl (C=O) groups excluding carboxylic acids is 1. The molecular weight excluding hydrogens is 308 g/mol. The molecule has 1 N–H and O–H groups in total. The first-order chi connectivity index (χ1) is 11.2. The molecule has 0 saturated carbocycles. The SMILES string of the molecule is CN(C)c1ncccc1CNC(=O)N1CCC[C@@H]1c1cccs1. The molecular formula is C17H22N4OS. The number of anilines is 1. The van der Waals surface area contributed by atoms with Crippen molar-refractivity contribution in [3.05, 3.63) is 46.3 Å². The van der Waals surface area contributed by atoms with E-state index in [4.69, 9.17) is 0 Å². The number of hydrogen-bond donors (Lipinski definition) is 1. The van der Waals surface area contributed by atoms with Crippen molar-refractivity contribution >= 4 is 23.2 Å². The van der Waals surface area contributed by atoms with Gasteiger partial charge < -0.3 is 15.1 Å². The van der Waals surface area contributed by atoms with E-state index in [0.717, 1.165) is 30.8 Å². The Morgan fingerprint density at radius 3 is 3.04 bits per heavy atom. The Bertz CT molecular complexity index is 656. The zero-order chi connectivity index (χ0) is 16.2. The molecule has 2 aromatic heterocycles. The fourth-order valence-electron chi connectivity index (χ4n) is 3.03. The minimum absolute atomic E-state index is 0.00876. The number of thiophene rings is 1. The van der Waals surface area contributed by atoms with E-state index in [0.29, 0.717) is 6.54 Å². The molecule has 0 spiro atoms. The predicted molar refractivity (Wildman–Crippen MR) is 93.8 cm³/mol. The van der Waals surface area contributed by atoms with Gasteiger partial charge in [0.25, 0.3) is 0 Å². The van der Waals surface area contributed by atoms with E-state index < -0.39 is 0 Å². The van der Waals surface area contributed by atoms with Crippen LogP contribution in [-0.4, -0.2) is 36.6 Å². The van der Waals surface area contributed by atoms with Gasteiger partial charge in [0.15, 0.2) is 0 Å². The van der Waals surface area contributed by atoms with Crippen LogP contribution in [0.3, 0.4) is 0 Å². The number of aromatic nitrogens is 1. The summed E-state index contributed by atoms with van der Waals surface area (Å²) in [6, 6.07) is 8.30. The number of nitrogens with zero attached hydrogens (tertiary/aromatic N) is 3. The number of rotatable bonds is 4. The second-order valence-electron chi connectivity index (χ2n) is 5.91. The standard InChI is InChI=1S/C17H22N4OS/c1-20(2)16-13(6-3-9-18-16)12-19-17(22)21-10-4-7-14(21)15-8-5-11-23-15/h3,5-6,8-9,11,14H,4,7,10,12H2,1-2H3,(H,19,22)/t14-/m1/s1. The van der Waals surface area contributed by atoms with E-state index in [1.54, 1.807) is 17.5 Å². The van der Waals surface area contributed by atoms with E-state index in [2.05, 4.69) is 21.7 Å². The van der Waals surface area contributed by atoms with Crippen molar-refractivity contribution in [3.8, 4) is 0 Å². The minimum Gasteiger partial charge on any atom is -0.362 e. The Kier molecular flexibility index (Phi) is 4.81. The summed E-state index contributed by atoms with van der Waals surface area (Å²) in [6.45, 7) is 1.32. The lowest BCUT2D eigenvalue weighted by Gasteiger charge is -2.24. The number of urea groups is 1. The summed E-state index contributed by atoms with van der Waals surface area (Å²) in [5.41, 5.74) is 1.03. The van der Waals surface area contributed by atoms with Gasteiger partial charge in [-0.05, 0) is 30.4 Å². The van der Waals surface area contributed by atoms with Gasteiger partial charge in [-0.1, -0.05) is 12.1 Å². The monoisotopic (exact) mass is 330 g/mol. The average molecular weight is 330 g/mol. The summed E-state index contributed by atoms with van der Waals surface area (Å²) in [5, 5.41) is 5.13. The molecule has 1 aliphatic heterocycles. The molecule has 1 aliphatic rings. The lowest BCUT2D eigenvalue weighted by Crippen LogP contribution is -2.39. The number of likely N-dealkylation sites (tertiary alicyclic amines) is 1. The van der Waals surface area contributed by atoms with E-state index >= 15 is 0 Å². The Hall–Kier alpha value is -2.08. The summed E-state index contributed by atoms with van der Waals surface area (Å²) < 4.78 is 0. The van der Waals surface area contributed by atoms with Gasteiger partial charge in [0, 0.05) is 43.8 Å². The molecule has 6 heteroatoms.